The summed E-state index contributed by atoms with van der Waals surface area (Å²) >= 11 is 0. The molecule has 2 aliphatic rings. The highest BCUT2D eigenvalue weighted by Gasteiger charge is 2.88. The van der Waals surface area contributed by atoms with Gasteiger partial charge in [-0.1, -0.05) is 12.1 Å². The van der Waals surface area contributed by atoms with Crippen molar-refractivity contribution >= 4 is 23.5 Å². The fraction of sp³-hybridized carbons (Fsp3) is 0.214. The van der Waals surface area contributed by atoms with Crippen molar-refractivity contribution in [3.63, 3.8) is 0 Å². The number of hydrogen-bond acceptors (Lipinski definition) is 7. The Morgan fingerprint density at radius 3 is 1.96 bits per heavy atom. The maximum absolute atomic E-state index is 12.3. The van der Waals surface area contributed by atoms with Crippen molar-refractivity contribution in [3.05, 3.63) is 39.9 Å². The number of nitro groups is 1. The van der Waals surface area contributed by atoms with E-state index in [9.17, 15) is 35.0 Å². The number of nitrogens with zero attached hydrogens (tertiary/aromatic N) is 3. The number of carbonyl (C=O) groups is 3. The topological polar surface area (TPSA) is 166 Å². The molecular formula is C14H7N5O5. The Kier molecular flexibility index (Phi) is 2.90. The summed E-state index contributed by atoms with van der Waals surface area (Å²) < 4.78 is 0. The van der Waals surface area contributed by atoms with E-state index >= 15 is 0 Å². The van der Waals surface area contributed by atoms with Crippen LogP contribution in [0.3, 0.4) is 0 Å². The average molecular weight is 325 g/mol. The molecule has 0 aromatic heterocycles. The fourth-order valence-corrected chi connectivity index (χ4v) is 3.25. The molecule has 1 aromatic rings. The van der Waals surface area contributed by atoms with Gasteiger partial charge in [-0.3, -0.25) is 30.3 Å². The van der Waals surface area contributed by atoms with E-state index < -0.39 is 39.5 Å². The van der Waals surface area contributed by atoms with Crippen LogP contribution in [0.2, 0.25) is 0 Å². The highest BCUT2D eigenvalue weighted by atomic mass is 16.6. The molecule has 1 aliphatic carbocycles. The molecule has 1 saturated heterocycles. The molecule has 1 heterocycles. The van der Waals surface area contributed by atoms with Crippen LogP contribution in [-0.2, 0) is 9.59 Å². The average Bonchev–Trinajstić information content (AvgIpc) is 3.18. The van der Waals surface area contributed by atoms with E-state index in [1.165, 1.54) is 12.1 Å². The maximum atomic E-state index is 12.3. The van der Waals surface area contributed by atoms with Crippen molar-refractivity contribution in [3.8, 4) is 12.1 Å². The highest BCUT2D eigenvalue weighted by molar-refractivity contribution is 6.24. The van der Waals surface area contributed by atoms with Crippen molar-refractivity contribution in [2.45, 2.75) is 5.92 Å². The summed E-state index contributed by atoms with van der Waals surface area (Å²) in [6.07, 6.45) is 0. The lowest BCUT2D eigenvalue weighted by atomic mass is 9.91. The Morgan fingerprint density at radius 2 is 1.54 bits per heavy atom. The minimum Gasteiger partial charge on any atom is -0.277 e. The zero-order chi connectivity index (χ0) is 17.7. The van der Waals surface area contributed by atoms with Gasteiger partial charge in [-0.25, -0.2) is 4.79 Å². The molecule has 24 heavy (non-hydrogen) atoms. The van der Waals surface area contributed by atoms with Gasteiger partial charge in [0.1, 0.15) is 0 Å². The number of hydrogen-bond donors (Lipinski definition) is 2. The number of imide groups is 2. The molecule has 1 aromatic carbocycles. The number of urea groups is 1. The molecule has 10 nitrogen and oxygen atoms in total. The van der Waals surface area contributed by atoms with Crippen molar-refractivity contribution in [1.29, 1.82) is 10.5 Å². The molecular weight excluding hydrogens is 318 g/mol. The normalized spacial score (nSPS) is 22.8. The molecule has 0 radical (unpaired) electrons. The number of amides is 4. The predicted molar refractivity (Wildman–Crippen MR) is 73.6 cm³/mol. The minimum absolute atomic E-state index is 0.222. The first kappa shape index (κ1) is 15.1. The first-order chi connectivity index (χ1) is 11.3. The standard InChI is InChI=1S/C14H7N5O5/c15-5-13(6-16)9(7-1-3-8(4-2-7)19(23)24)14(13)10(20)17-12(22)18-11(14)21/h1-4,9H,(H2,17,18,20,21,22). The quantitative estimate of drug-likeness (QED) is 0.441. The largest absolute Gasteiger partial charge is 0.328 e. The summed E-state index contributed by atoms with van der Waals surface area (Å²) in [4.78, 5) is 45.9. The van der Waals surface area contributed by atoms with Crippen LogP contribution in [0.4, 0.5) is 10.5 Å². The third-order valence-electron chi connectivity index (χ3n) is 4.37. The number of benzene rings is 1. The van der Waals surface area contributed by atoms with E-state index in [-0.39, 0.29) is 11.3 Å². The molecule has 1 unspecified atom stereocenters. The van der Waals surface area contributed by atoms with Crippen LogP contribution in [0.15, 0.2) is 24.3 Å². The zero-order valence-electron chi connectivity index (χ0n) is 11.8. The van der Waals surface area contributed by atoms with Crippen molar-refractivity contribution < 1.29 is 19.3 Å². The number of nitrogens with one attached hydrogen (secondary N) is 2. The summed E-state index contributed by atoms with van der Waals surface area (Å²) in [7, 11) is 0. The Morgan fingerprint density at radius 1 is 1.04 bits per heavy atom. The fourth-order valence-electron chi connectivity index (χ4n) is 3.25. The number of carbonyl (C=O) groups excluding carboxylic acids is 3. The van der Waals surface area contributed by atoms with Crippen molar-refractivity contribution in [2.75, 3.05) is 0 Å². The lowest BCUT2D eigenvalue weighted by Crippen LogP contribution is -2.59. The second-order valence-electron chi connectivity index (χ2n) is 5.36. The van der Waals surface area contributed by atoms with E-state index in [1.807, 2.05) is 10.6 Å². The molecule has 3 rings (SSSR count). The van der Waals surface area contributed by atoms with Gasteiger partial charge < -0.3 is 0 Å². The van der Waals surface area contributed by atoms with Gasteiger partial charge in [0.25, 0.3) is 5.69 Å². The lowest BCUT2D eigenvalue weighted by Gasteiger charge is -2.21. The number of barbiturate groups is 1. The van der Waals surface area contributed by atoms with Crippen LogP contribution < -0.4 is 10.6 Å². The Hall–Kier alpha value is -3.79. The number of non-ortho nitro benzene ring substituents is 1. The van der Waals surface area contributed by atoms with E-state index in [2.05, 4.69) is 0 Å². The van der Waals surface area contributed by atoms with E-state index in [4.69, 9.17) is 0 Å². The van der Waals surface area contributed by atoms with Crippen LogP contribution in [0.5, 0.6) is 0 Å². The second-order valence-corrected chi connectivity index (χ2v) is 5.36. The molecule has 10 heteroatoms. The molecule has 1 aliphatic heterocycles. The van der Waals surface area contributed by atoms with Gasteiger partial charge in [0, 0.05) is 18.1 Å². The summed E-state index contributed by atoms with van der Waals surface area (Å²) in [6.45, 7) is 0. The molecule has 4 amide bonds. The Balaban J connectivity index is 2.13. The SMILES string of the molecule is N#CC1(C#N)C(c2ccc([N+](=O)[O-])cc2)C12C(=O)NC(=O)NC2=O. The Labute approximate surface area is 133 Å². The Bertz CT molecular complexity index is 858. The number of nitriles is 2. The van der Waals surface area contributed by atoms with Gasteiger partial charge in [0.15, 0.2) is 10.8 Å². The van der Waals surface area contributed by atoms with E-state index in [0.29, 0.717) is 0 Å². The molecule has 2 fully saturated rings. The first-order valence-electron chi connectivity index (χ1n) is 6.59. The third-order valence-corrected chi connectivity index (χ3v) is 4.37. The first-order valence-corrected chi connectivity index (χ1v) is 6.59. The summed E-state index contributed by atoms with van der Waals surface area (Å²) in [6, 6.07) is 7.20. The summed E-state index contributed by atoms with van der Waals surface area (Å²) in [5.74, 6) is -3.22. The molecule has 1 saturated carbocycles. The van der Waals surface area contributed by atoms with Gasteiger partial charge in [-0.15, -0.1) is 0 Å². The highest BCUT2D eigenvalue weighted by Crippen LogP contribution is 2.74. The van der Waals surface area contributed by atoms with Crippen LogP contribution in [0.1, 0.15) is 11.5 Å². The van der Waals surface area contributed by atoms with Crippen molar-refractivity contribution in [1.82, 2.24) is 10.6 Å². The van der Waals surface area contributed by atoms with Gasteiger partial charge in [0.05, 0.1) is 17.1 Å². The molecule has 1 spiro atoms. The molecule has 1 atom stereocenters. The lowest BCUT2D eigenvalue weighted by molar-refractivity contribution is -0.384. The van der Waals surface area contributed by atoms with Gasteiger partial charge >= 0.3 is 6.03 Å². The summed E-state index contributed by atoms with van der Waals surface area (Å²) in [5.41, 5.74) is -4.05. The third kappa shape index (κ3) is 1.54. The molecule has 0 bridgehead atoms. The van der Waals surface area contributed by atoms with E-state index in [0.717, 1.165) is 12.1 Å². The smallest absolute Gasteiger partial charge is 0.277 e. The molecule has 2 N–H and O–H groups in total. The van der Waals surface area contributed by atoms with Crippen LogP contribution in [-0.4, -0.2) is 22.8 Å². The minimum atomic E-state index is -2.07. The summed E-state index contributed by atoms with van der Waals surface area (Å²) in [5, 5.41) is 33.3. The second kappa shape index (κ2) is 4.60. The van der Waals surface area contributed by atoms with Crippen LogP contribution in [0, 0.1) is 43.6 Å². The van der Waals surface area contributed by atoms with Crippen LogP contribution >= 0.6 is 0 Å². The maximum Gasteiger partial charge on any atom is 0.328 e. The molecule has 118 valence electrons. The van der Waals surface area contributed by atoms with E-state index in [1.54, 1.807) is 12.1 Å². The van der Waals surface area contributed by atoms with Gasteiger partial charge in [-0.2, -0.15) is 10.5 Å². The zero-order valence-corrected chi connectivity index (χ0v) is 11.8. The monoisotopic (exact) mass is 325 g/mol. The van der Waals surface area contributed by atoms with Gasteiger partial charge in [0.2, 0.25) is 11.8 Å². The number of nitro benzene ring substituents is 1. The van der Waals surface area contributed by atoms with Gasteiger partial charge in [-0.05, 0) is 5.56 Å². The number of rotatable bonds is 2. The van der Waals surface area contributed by atoms with Crippen molar-refractivity contribution in [2.24, 2.45) is 10.8 Å². The predicted octanol–water partition coefficient (Wildman–Crippen LogP) is 0.0780. The van der Waals surface area contributed by atoms with Crippen LogP contribution in [0.25, 0.3) is 0 Å².